The Balaban J connectivity index is 0. The SMILES string of the molecule is CCCNC(=O)[C@@H](O)[C@H](O)[C@H](O)[C@@H](O)C(=O)CC.CCCOCCNC(=O)[C@@H](O)[C@H](O)[C@H](O)[C@@H](O)C(=O)CCCOC. The summed E-state index contributed by atoms with van der Waals surface area (Å²) in [4.78, 5) is 45.7. The average molecular weight is 615 g/mol. The number of aliphatic hydroxyl groups is 8. The highest BCUT2D eigenvalue weighted by molar-refractivity contribution is 5.85. The number of nitrogens with one attached hydrogen (secondary N) is 2. The molecule has 0 heterocycles. The van der Waals surface area contributed by atoms with Gasteiger partial charge in [-0.1, -0.05) is 20.8 Å². The van der Waals surface area contributed by atoms with Gasteiger partial charge in [-0.05, 0) is 19.3 Å². The first-order valence-corrected chi connectivity index (χ1v) is 13.8. The molecule has 0 radical (unpaired) electrons. The standard InChI is InChI=1S/C15H29NO8.C11H21NO6/c1-3-7-24-9-6-16-15(22)14(21)13(20)12(19)11(18)10(17)5-4-8-23-2;1-3-5-12-11(18)10(17)9(16)8(15)7(14)6(13)4-2/h11-14,18-21H,3-9H2,1-2H3,(H,16,22);7-10,14-17H,3-5H2,1-2H3,(H,12,18)/t11-,12+,13+,14-;7-,8+,9+,10-/m00/s1. The van der Waals surface area contributed by atoms with E-state index < -0.39 is 72.2 Å². The molecule has 0 saturated heterocycles. The largest absolute Gasteiger partial charge is 0.387 e. The lowest BCUT2D eigenvalue weighted by Gasteiger charge is -2.25. The molecule has 0 aliphatic heterocycles. The van der Waals surface area contributed by atoms with Crippen molar-refractivity contribution in [2.45, 2.75) is 102 Å². The summed E-state index contributed by atoms with van der Waals surface area (Å²) in [6.45, 7) is 6.75. The van der Waals surface area contributed by atoms with Crippen LogP contribution in [0.25, 0.3) is 0 Å². The van der Waals surface area contributed by atoms with E-state index in [1.54, 1.807) is 0 Å². The molecule has 0 unspecified atom stereocenters. The number of amides is 2. The Morgan fingerprint density at radius 1 is 0.595 bits per heavy atom. The predicted molar refractivity (Wildman–Crippen MR) is 147 cm³/mol. The second kappa shape index (κ2) is 24.3. The van der Waals surface area contributed by atoms with Crippen molar-refractivity contribution in [3.8, 4) is 0 Å². The third-order valence-corrected chi connectivity index (χ3v) is 5.75. The lowest BCUT2D eigenvalue weighted by Crippen LogP contribution is -2.52. The number of ether oxygens (including phenoxy) is 2. The van der Waals surface area contributed by atoms with Gasteiger partial charge in [-0.3, -0.25) is 19.2 Å². The molecule has 42 heavy (non-hydrogen) atoms. The molecule has 0 fully saturated rings. The van der Waals surface area contributed by atoms with Gasteiger partial charge in [0.15, 0.2) is 23.8 Å². The molecular formula is C26H50N2O14. The van der Waals surface area contributed by atoms with Gasteiger partial charge in [-0.15, -0.1) is 0 Å². The molecule has 0 aliphatic rings. The highest BCUT2D eigenvalue weighted by Crippen LogP contribution is 2.10. The number of carbonyl (C=O) groups is 4. The molecule has 0 rings (SSSR count). The van der Waals surface area contributed by atoms with Crippen LogP contribution in [0.15, 0.2) is 0 Å². The number of hydrogen-bond donors (Lipinski definition) is 10. The third kappa shape index (κ3) is 16.5. The van der Waals surface area contributed by atoms with Crippen LogP contribution in [0.5, 0.6) is 0 Å². The van der Waals surface area contributed by atoms with E-state index in [1.807, 2.05) is 13.8 Å². The smallest absolute Gasteiger partial charge is 0.251 e. The minimum atomic E-state index is -2.00. The first kappa shape index (κ1) is 42.0. The fraction of sp³-hybridized carbons (Fsp3) is 0.846. The molecule has 10 N–H and O–H groups in total. The fourth-order valence-corrected chi connectivity index (χ4v) is 3.14. The van der Waals surface area contributed by atoms with Gasteiger partial charge in [0.1, 0.15) is 36.6 Å². The predicted octanol–water partition coefficient (Wildman–Crippen LogP) is -4.10. The van der Waals surface area contributed by atoms with E-state index in [0.29, 0.717) is 32.6 Å². The van der Waals surface area contributed by atoms with Crippen LogP contribution in [0.1, 0.15) is 52.9 Å². The number of ketones is 2. The van der Waals surface area contributed by atoms with Crippen molar-refractivity contribution >= 4 is 23.4 Å². The van der Waals surface area contributed by atoms with Crippen molar-refractivity contribution in [2.24, 2.45) is 0 Å². The highest BCUT2D eigenvalue weighted by atomic mass is 16.5. The Bertz CT molecular complexity index is 771. The van der Waals surface area contributed by atoms with Gasteiger partial charge in [-0.25, -0.2) is 0 Å². The van der Waals surface area contributed by atoms with Crippen molar-refractivity contribution in [1.29, 1.82) is 0 Å². The summed E-state index contributed by atoms with van der Waals surface area (Å²) in [5, 5.41) is 81.3. The molecule has 16 nitrogen and oxygen atoms in total. The Morgan fingerprint density at radius 3 is 1.48 bits per heavy atom. The van der Waals surface area contributed by atoms with Crippen LogP contribution in [0.4, 0.5) is 0 Å². The Morgan fingerprint density at radius 2 is 1.05 bits per heavy atom. The van der Waals surface area contributed by atoms with Gasteiger partial charge in [0.05, 0.1) is 6.61 Å². The maximum absolute atomic E-state index is 11.7. The second-order valence-electron chi connectivity index (χ2n) is 9.32. The van der Waals surface area contributed by atoms with Crippen molar-refractivity contribution in [2.75, 3.05) is 40.0 Å². The summed E-state index contributed by atoms with van der Waals surface area (Å²) >= 11 is 0. The van der Waals surface area contributed by atoms with E-state index in [0.717, 1.165) is 6.42 Å². The topological polar surface area (TPSA) is 273 Å². The van der Waals surface area contributed by atoms with Crippen molar-refractivity contribution in [3.63, 3.8) is 0 Å². The van der Waals surface area contributed by atoms with Gasteiger partial charge < -0.3 is 61.0 Å². The number of aliphatic hydroxyl groups excluding tert-OH is 8. The molecule has 0 aromatic carbocycles. The molecular weight excluding hydrogens is 564 g/mol. The molecule has 0 aromatic rings. The van der Waals surface area contributed by atoms with Crippen molar-refractivity contribution < 1.29 is 69.5 Å². The van der Waals surface area contributed by atoms with Crippen LogP contribution >= 0.6 is 0 Å². The molecule has 16 heteroatoms. The van der Waals surface area contributed by atoms with Crippen LogP contribution in [0.3, 0.4) is 0 Å². The molecule has 248 valence electrons. The summed E-state index contributed by atoms with van der Waals surface area (Å²) in [6, 6.07) is 0. The normalized spacial score (nSPS) is 16.9. The number of hydrogen-bond acceptors (Lipinski definition) is 14. The third-order valence-electron chi connectivity index (χ3n) is 5.75. The lowest BCUT2D eigenvalue weighted by molar-refractivity contribution is -0.154. The highest BCUT2D eigenvalue weighted by Gasteiger charge is 2.37. The van der Waals surface area contributed by atoms with E-state index in [-0.39, 0.29) is 26.0 Å². The lowest BCUT2D eigenvalue weighted by atomic mass is 9.97. The Labute approximate surface area is 245 Å². The maximum Gasteiger partial charge on any atom is 0.251 e. The van der Waals surface area contributed by atoms with E-state index in [2.05, 4.69) is 10.6 Å². The Hall–Kier alpha value is -2.12. The molecule has 0 aromatic heterocycles. The summed E-state index contributed by atoms with van der Waals surface area (Å²) < 4.78 is 9.90. The van der Waals surface area contributed by atoms with Crippen LogP contribution in [0.2, 0.25) is 0 Å². The van der Waals surface area contributed by atoms with Gasteiger partial charge in [0.25, 0.3) is 11.8 Å². The number of rotatable bonds is 22. The molecule has 0 spiro atoms. The van der Waals surface area contributed by atoms with Crippen LogP contribution < -0.4 is 10.6 Å². The van der Waals surface area contributed by atoms with E-state index in [4.69, 9.17) is 9.47 Å². The van der Waals surface area contributed by atoms with Crippen LogP contribution in [-0.4, -0.2) is 153 Å². The monoisotopic (exact) mass is 614 g/mol. The van der Waals surface area contributed by atoms with Gasteiger partial charge >= 0.3 is 0 Å². The number of methoxy groups -OCH3 is 1. The van der Waals surface area contributed by atoms with Gasteiger partial charge in [0, 0.05) is 46.3 Å². The van der Waals surface area contributed by atoms with Crippen LogP contribution in [0, 0.1) is 0 Å². The first-order valence-electron chi connectivity index (χ1n) is 13.8. The summed E-state index contributed by atoms with van der Waals surface area (Å²) in [5.41, 5.74) is 0. The molecule has 0 saturated carbocycles. The molecule has 8 atom stereocenters. The zero-order valence-electron chi connectivity index (χ0n) is 24.7. The number of Topliss-reactive ketones (excluding diaryl/α,β-unsaturated/α-hetero) is 2. The van der Waals surface area contributed by atoms with E-state index in [9.17, 15) is 60.0 Å². The molecule has 0 aliphatic carbocycles. The molecule has 2 amide bonds. The van der Waals surface area contributed by atoms with Gasteiger partial charge in [-0.2, -0.15) is 0 Å². The quantitative estimate of drug-likeness (QED) is 0.0519. The minimum Gasteiger partial charge on any atom is -0.387 e. The van der Waals surface area contributed by atoms with Crippen LogP contribution in [-0.2, 0) is 28.7 Å². The van der Waals surface area contributed by atoms with Crippen molar-refractivity contribution in [3.05, 3.63) is 0 Å². The van der Waals surface area contributed by atoms with Crippen molar-refractivity contribution in [1.82, 2.24) is 10.6 Å². The van der Waals surface area contributed by atoms with E-state index in [1.165, 1.54) is 14.0 Å². The minimum absolute atomic E-state index is 0.0247. The first-order chi connectivity index (χ1) is 19.7. The second-order valence-corrected chi connectivity index (χ2v) is 9.32. The molecule has 0 bridgehead atoms. The average Bonchev–Trinajstić information content (AvgIpc) is 3.00. The summed E-state index contributed by atoms with van der Waals surface area (Å²) in [7, 11) is 1.46. The zero-order valence-corrected chi connectivity index (χ0v) is 24.7. The summed E-state index contributed by atoms with van der Waals surface area (Å²) in [5.74, 6) is -3.18. The summed E-state index contributed by atoms with van der Waals surface area (Å²) in [6.07, 6.45) is -13.7. The van der Waals surface area contributed by atoms with E-state index >= 15 is 0 Å². The number of carbonyl (C=O) groups excluding carboxylic acids is 4. The Kier molecular flexibility index (Phi) is 24.3. The maximum atomic E-state index is 11.7. The zero-order chi connectivity index (χ0) is 32.8. The fourth-order valence-electron chi connectivity index (χ4n) is 3.14. The van der Waals surface area contributed by atoms with Gasteiger partial charge in [0.2, 0.25) is 0 Å².